The van der Waals surface area contributed by atoms with Crippen molar-refractivity contribution in [2.24, 2.45) is 0 Å². The molecule has 0 bridgehead atoms. The van der Waals surface area contributed by atoms with Crippen molar-refractivity contribution in [1.29, 1.82) is 0 Å². The van der Waals surface area contributed by atoms with Gasteiger partial charge in [0.05, 0.1) is 12.2 Å². The zero-order chi connectivity index (χ0) is 22.4. The Hall–Kier alpha value is -3.19. The van der Waals surface area contributed by atoms with Crippen molar-refractivity contribution < 1.29 is 18.7 Å². The number of aryl methyl sites for hydroxylation is 1. The van der Waals surface area contributed by atoms with Crippen LogP contribution in [0.25, 0.3) is 0 Å². The number of carbonyl (C=O) groups excluding carboxylic acids is 2. The van der Waals surface area contributed by atoms with Crippen LogP contribution in [0, 0.1) is 12.7 Å². The maximum Gasteiger partial charge on any atom is 0.343 e. The van der Waals surface area contributed by atoms with Crippen LogP contribution in [0.1, 0.15) is 34.1 Å². The van der Waals surface area contributed by atoms with Crippen molar-refractivity contribution in [2.45, 2.75) is 26.9 Å². The minimum absolute atomic E-state index is 0.138. The number of halogens is 2. The minimum atomic E-state index is -0.711. The number of hydrogen-bond acceptors (Lipinski definition) is 4. The summed E-state index contributed by atoms with van der Waals surface area (Å²) in [6.07, 6.45) is 0. The first-order chi connectivity index (χ1) is 14.9. The summed E-state index contributed by atoms with van der Waals surface area (Å²) >= 11 is 6.37. The van der Waals surface area contributed by atoms with E-state index in [1.165, 1.54) is 21.7 Å². The first-order valence-corrected chi connectivity index (χ1v) is 10.2. The SMILES string of the molecule is CCN(Cc1cccc(F)c1)C(=O)COC(=O)c1c(C)nn(Cc2ccccc2)c1Cl. The zero-order valence-electron chi connectivity index (χ0n) is 17.3. The number of benzene rings is 2. The summed E-state index contributed by atoms with van der Waals surface area (Å²) in [6.45, 7) is 4.04. The number of esters is 1. The molecule has 1 aromatic heterocycles. The number of ether oxygens (including phenoxy) is 1. The molecule has 0 fully saturated rings. The van der Waals surface area contributed by atoms with E-state index in [0.29, 0.717) is 24.3 Å². The van der Waals surface area contributed by atoms with Gasteiger partial charge in [0, 0.05) is 13.1 Å². The van der Waals surface area contributed by atoms with Gasteiger partial charge in [-0.25, -0.2) is 13.9 Å². The number of aromatic nitrogens is 2. The molecule has 6 nitrogen and oxygen atoms in total. The van der Waals surface area contributed by atoms with Crippen LogP contribution in [-0.4, -0.2) is 39.7 Å². The van der Waals surface area contributed by atoms with Crippen molar-refractivity contribution in [3.8, 4) is 0 Å². The van der Waals surface area contributed by atoms with Crippen LogP contribution in [0.5, 0.6) is 0 Å². The Labute approximate surface area is 185 Å². The van der Waals surface area contributed by atoms with Gasteiger partial charge in [-0.2, -0.15) is 5.10 Å². The molecule has 162 valence electrons. The normalized spacial score (nSPS) is 10.7. The predicted octanol–water partition coefficient (Wildman–Crippen LogP) is 4.24. The molecule has 0 saturated carbocycles. The summed E-state index contributed by atoms with van der Waals surface area (Å²) in [6, 6.07) is 15.6. The van der Waals surface area contributed by atoms with Gasteiger partial charge in [0.2, 0.25) is 0 Å². The molecule has 3 aromatic rings. The van der Waals surface area contributed by atoms with E-state index in [9.17, 15) is 14.0 Å². The zero-order valence-corrected chi connectivity index (χ0v) is 18.1. The van der Waals surface area contributed by atoms with Crippen LogP contribution in [0.15, 0.2) is 54.6 Å². The lowest BCUT2D eigenvalue weighted by atomic mass is 10.2. The third kappa shape index (κ3) is 5.70. The molecule has 0 saturated heterocycles. The average molecular weight is 444 g/mol. The van der Waals surface area contributed by atoms with Crippen molar-refractivity contribution in [3.05, 3.63) is 88.0 Å². The molecule has 0 aliphatic heterocycles. The van der Waals surface area contributed by atoms with Crippen LogP contribution in [0.3, 0.4) is 0 Å². The average Bonchev–Trinajstić information content (AvgIpc) is 3.03. The highest BCUT2D eigenvalue weighted by atomic mass is 35.5. The van der Waals surface area contributed by atoms with Gasteiger partial charge in [-0.3, -0.25) is 4.79 Å². The van der Waals surface area contributed by atoms with E-state index < -0.39 is 12.6 Å². The molecule has 1 amide bonds. The van der Waals surface area contributed by atoms with Gasteiger partial charge >= 0.3 is 5.97 Å². The minimum Gasteiger partial charge on any atom is -0.452 e. The van der Waals surface area contributed by atoms with Crippen LogP contribution in [0.2, 0.25) is 5.15 Å². The van der Waals surface area contributed by atoms with Gasteiger partial charge in [-0.05, 0) is 37.1 Å². The second-order valence-electron chi connectivity index (χ2n) is 7.01. The summed E-state index contributed by atoms with van der Waals surface area (Å²) < 4.78 is 20.1. The highest BCUT2D eigenvalue weighted by Gasteiger charge is 2.23. The smallest absolute Gasteiger partial charge is 0.343 e. The van der Waals surface area contributed by atoms with Crippen molar-refractivity contribution in [1.82, 2.24) is 14.7 Å². The summed E-state index contributed by atoms with van der Waals surface area (Å²) in [5.41, 5.74) is 2.20. The number of carbonyl (C=O) groups is 2. The molecule has 0 aliphatic carbocycles. The molecule has 0 aliphatic rings. The Kier molecular flexibility index (Phi) is 7.41. The third-order valence-corrected chi connectivity index (χ3v) is 5.15. The molecule has 0 spiro atoms. The standard InChI is InChI=1S/C23H23ClFN3O3/c1-3-27(13-18-10-7-11-19(25)12-18)20(29)15-31-23(30)21-16(2)26-28(22(21)24)14-17-8-5-4-6-9-17/h4-12H,3,13-15H2,1-2H3. The number of likely N-dealkylation sites (N-methyl/N-ethyl adjacent to an activating group) is 1. The number of hydrogen-bond donors (Lipinski definition) is 0. The molecular weight excluding hydrogens is 421 g/mol. The topological polar surface area (TPSA) is 64.4 Å². The molecule has 3 rings (SSSR count). The fourth-order valence-electron chi connectivity index (χ4n) is 3.17. The van der Waals surface area contributed by atoms with E-state index in [4.69, 9.17) is 16.3 Å². The Morgan fingerprint density at radius 3 is 2.52 bits per heavy atom. The van der Waals surface area contributed by atoms with E-state index in [2.05, 4.69) is 5.10 Å². The second-order valence-corrected chi connectivity index (χ2v) is 7.37. The number of rotatable bonds is 8. The van der Waals surface area contributed by atoms with Gasteiger partial charge in [-0.1, -0.05) is 54.1 Å². The maximum absolute atomic E-state index is 13.4. The van der Waals surface area contributed by atoms with Gasteiger partial charge in [0.1, 0.15) is 16.5 Å². The number of amides is 1. The fourth-order valence-corrected chi connectivity index (χ4v) is 3.48. The van der Waals surface area contributed by atoms with Crippen LogP contribution in [0.4, 0.5) is 4.39 Å². The van der Waals surface area contributed by atoms with E-state index in [1.807, 2.05) is 30.3 Å². The summed E-state index contributed by atoms with van der Waals surface area (Å²) in [5.74, 6) is -1.47. The lowest BCUT2D eigenvalue weighted by molar-refractivity contribution is -0.134. The lowest BCUT2D eigenvalue weighted by Crippen LogP contribution is -2.34. The van der Waals surface area contributed by atoms with Gasteiger partial charge in [0.25, 0.3) is 5.91 Å². The van der Waals surface area contributed by atoms with Gasteiger partial charge < -0.3 is 9.64 Å². The largest absolute Gasteiger partial charge is 0.452 e. The van der Waals surface area contributed by atoms with E-state index in [1.54, 1.807) is 26.0 Å². The second kappa shape index (κ2) is 10.2. The lowest BCUT2D eigenvalue weighted by Gasteiger charge is -2.21. The summed E-state index contributed by atoms with van der Waals surface area (Å²) in [5, 5.41) is 4.48. The van der Waals surface area contributed by atoms with Gasteiger partial charge in [-0.15, -0.1) is 0 Å². The highest BCUT2D eigenvalue weighted by molar-refractivity contribution is 6.32. The molecule has 0 N–H and O–H groups in total. The molecule has 0 unspecified atom stereocenters. The first kappa shape index (κ1) is 22.5. The van der Waals surface area contributed by atoms with Crippen LogP contribution < -0.4 is 0 Å². The highest BCUT2D eigenvalue weighted by Crippen LogP contribution is 2.22. The Bertz CT molecular complexity index is 1070. The van der Waals surface area contributed by atoms with Crippen molar-refractivity contribution >= 4 is 23.5 Å². The molecule has 1 heterocycles. The van der Waals surface area contributed by atoms with Crippen LogP contribution in [-0.2, 0) is 22.6 Å². The monoisotopic (exact) mass is 443 g/mol. The van der Waals surface area contributed by atoms with E-state index >= 15 is 0 Å². The summed E-state index contributed by atoms with van der Waals surface area (Å²) in [4.78, 5) is 26.6. The van der Waals surface area contributed by atoms with E-state index in [-0.39, 0.29) is 29.0 Å². The number of nitrogens with zero attached hydrogens (tertiary/aromatic N) is 3. The summed E-state index contributed by atoms with van der Waals surface area (Å²) in [7, 11) is 0. The first-order valence-electron chi connectivity index (χ1n) is 9.85. The Morgan fingerprint density at radius 1 is 1.13 bits per heavy atom. The molecule has 0 atom stereocenters. The van der Waals surface area contributed by atoms with Crippen molar-refractivity contribution in [2.75, 3.05) is 13.2 Å². The predicted molar refractivity (Wildman–Crippen MR) is 115 cm³/mol. The molecule has 0 radical (unpaired) electrons. The third-order valence-electron chi connectivity index (χ3n) is 4.77. The van der Waals surface area contributed by atoms with Gasteiger partial charge in [0.15, 0.2) is 6.61 Å². The Balaban J connectivity index is 1.63. The Morgan fingerprint density at radius 2 is 1.84 bits per heavy atom. The van der Waals surface area contributed by atoms with Crippen molar-refractivity contribution in [3.63, 3.8) is 0 Å². The molecule has 2 aromatic carbocycles. The fraction of sp³-hybridized carbons (Fsp3) is 0.261. The van der Waals surface area contributed by atoms with Crippen LogP contribution >= 0.6 is 11.6 Å². The maximum atomic E-state index is 13.4. The molecule has 31 heavy (non-hydrogen) atoms. The quantitative estimate of drug-likeness (QED) is 0.488. The van der Waals surface area contributed by atoms with E-state index in [0.717, 1.165) is 5.56 Å². The molecular formula is C23H23ClFN3O3. The molecule has 8 heteroatoms.